The van der Waals surface area contributed by atoms with Crippen LogP contribution in [0.25, 0.3) is 0 Å². The number of carbonyl (C=O) groups excluding carboxylic acids is 1. The van der Waals surface area contributed by atoms with Crippen LogP contribution in [0.1, 0.15) is 56.4 Å². The molecule has 0 N–H and O–H groups in total. The Balaban J connectivity index is 1.60. The number of piperidine rings is 1. The summed E-state index contributed by atoms with van der Waals surface area (Å²) in [6, 6.07) is 0.0353. The van der Waals surface area contributed by atoms with Gasteiger partial charge in [0.05, 0.1) is 11.0 Å². The maximum Gasteiger partial charge on any atom is 0.239 e. The summed E-state index contributed by atoms with van der Waals surface area (Å²) >= 11 is 1.72. The van der Waals surface area contributed by atoms with E-state index in [0.717, 1.165) is 39.0 Å². The molecule has 3 heterocycles. The van der Waals surface area contributed by atoms with Gasteiger partial charge in [-0.25, -0.2) is 4.98 Å². The Kier molecular flexibility index (Phi) is 5.47. The van der Waals surface area contributed by atoms with E-state index in [1.165, 1.54) is 30.7 Å². The molecule has 2 fully saturated rings. The van der Waals surface area contributed by atoms with E-state index < -0.39 is 0 Å². The fourth-order valence-corrected chi connectivity index (χ4v) is 4.49. The molecular formula is C17H27N3OS. The van der Waals surface area contributed by atoms with Crippen molar-refractivity contribution in [3.63, 3.8) is 0 Å². The molecule has 0 unspecified atom stereocenters. The zero-order valence-corrected chi connectivity index (χ0v) is 14.4. The number of aromatic nitrogens is 1. The summed E-state index contributed by atoms with van der Waals surface area (Å²) in [4.78, 5) is 21.8. The van der Waals surface area contributed by atoms with Crippen LogP contribution in [0.2, 0.25) is 0 Å². The molecule has 1 aromatic heterocycles. The molecule has 0 bridgehead atoms. The van der Waals surface area contributed by atoms with Crippen LogP contribution < -0.4 is 0 Å². The first-order valence-corrected chi connectivity index (χ1v) is 9.56. The predicted octanol–water partition coefficient (Wildman–Crippen LogP) is 3.11. The number of hydrogen-bond donors (Lipinski definition) is 0. The summed E-state index contributed by atoms with van der Waals surface area (Å²) in [5.41, 5.74) is 0. The highest BCUT2D eigenvalue weighted by atomic mass is 32.1. The Hall–Kier alpha value is -0.940. The third-order valence-electron chi connectivity index (χ3n) is 5.08. The average molecular weight is 321 g/mol. The second-order valence-corrected chi connectivity index (χ2v) is 7.55. The van der Waals surface area contributed by atoms with E-state index in [4.69, 9.17) is 0 Å². The molecule has 0 spiro atoms. The number of thiazole rings is 1. The molecule has 2 aliphatic rings. The van der Waals surface area contributed by atoms with Gasteiger partial charge >= 0.3 is 0 Å². The van der Waals surface area contributed by atoms with E-state index in [9.17, 15) is 4.79 Å². The van der Waals surface area contributed by atoms with Gasteiger partial charge in [0.25, 0.3) is 0 Å². The van der Waals surface area contributed by atoms with Crippen molar-refractivity contribution in [1.29, 1.82) is 0 Å². The van der Waals surface area contributed by atoms with Crippen molar-refractivity contribution in [1.82, 2.24) is 14.8 Å². The third-order valence-corrected chi connectivity index (χ3v) is 6.02. The van der Waals surface area contributed by atoms with Crippen LogP contribution in [0.4, 0.5) is 0 Å². The fraction of sp³-hybridized carbons (Fsp3) is 0.765. The van der Waals surface area contributed by atoms with E-state index in [1.54, 1.807) is 11.3 Å². The van der Waals surface area contributed by atoms with Gasteiger partial charge in [0.1, 0.15) is 0 Å². The molecule has 2 aliphatic heterocycles. The molecular weight excluding hydrogens is 294 g/mol. The van der Waals surface area contributed by atoms with Crippen molar-refractivity contribution >= 4 is 17.2 Å². The van der Waals surface area contributed by atoms with Crippen LogP contribution in [-0.2, 0) is 4.79 Å². The number of likely N-dealkylation sites (tertiary alicyclic amines) is 2. The molecule has 5 heteroatoms. The highest BCUT2D eigenvalue weighted by Crippen LogP contribution is 2.28. The smallest absolute Gasteiger partial charge is 0.239 e. The van der Waals surface area contributed by atoms with E-state index in [1.807, 2.05) is 11.6 Å². The van der Waals surface area contributed by atoms with Crippen LogP contribution in [-0.4, -0.2) is 52.9 Å². The Morgan fingerprint density at radius 1 is 1.23 bits per heavy atom. The standard InChI is InChI=1S/C17H27N3OS/c1-14(19-9-4-2-3-5-10-19)17(21)20-11-6-7-15(13-20)16-18-8-12-22-16/h8,12,14-15H,2-7,9-11,13H2,1H3/t14-,15+/m1/s1. The van der Waals surface area contributed by atoms with Crippen LogP contribution in [0.5, 0.6) is 0 Å². The second-order valence-electron chi connectivity index (χ2n) is 6.62. The fourth-order valence-electron chi connectivity index (χ4n) is 3.72. The number of nitrogens with zero attached hydrogens (tertiary/aromatic N) is 3. The predicted molar refractivity (Wildman–Crippen MR) is 90.2 cm³/mol. The zero-order valence-electron chi connectivity index (χ0n) is 13.5. The van der Waals surface area contributed by atoms with Crippen molar-refractivity contribution in [3.8, 4) is 0 Å². The van der Waals surface area contributed by atoms with Crippen molar-refractivity contribution in [2.24, 2.45) is 0 Å². The minimum absolute atomic E-state index is 0.0353. The summed E-state index contributed by atoms with van der Waals surface area (Å²) < 4.78 is 0. The highest BCUT2D eigenvalue weighted by molar-refractivity contribution is 7.09. The normalized spacial score (nSPS) is 25.7. The summed E-state index contributed by atoms with van der Waals surface area (Å²) in [5.74, 6) is 0.761. The molecule has 0 aliphatic carbocycles. The van der Waals surface area contributed by atoms with E-state index in [0.29, 0.717) is 11.8 Å². The summed E-state index contributed by atoms with van der Waals surface area (Å²) in [7, 11) is 0. The van der Waals surface area contributed by atoms with Gasteiger partial charge in [-0.1, -0.05) is 12.8 Å². The van der Waals surface area contributed by atoms with Gasteiger partial charge in [-0.15, -0.1) is 11.3 Å². The third kappa shape index (κ3) is 3.69. The van der Waals surface area contributed by atoms with Crippen molar-refractivity contribution in [2.45, 2.75) is 57.4 Å². The summed E-state index contributed by atoms with van der Waals surface area (Å²) in [6.07, 6.45) is 9.23. The van der Waals surface area contributed by atoms with E-state index in [2.05, 4.69) is 21.7 Å². The lowest BCUT2D eigenvalue weighted by molar-refractivity contribution is -0.137. The first kappa shape index (κ1) is 15.9. The second kappa shape index (κ2) is 7.55. The summed E-state index contributed by atoms with van der Waals surface area (Å²) in [5, 5.41) is 3.23. The first-order chi connectivity index (χ1) is 10.8. The van der Waals surface area contributed by atoms with Crippen LogP contribution in [0.3, 0.4) is 0 Å². The Labute approximate surface area is 137 Å². The molecule has 0 radical (unpaired) electrons. The highest BCUT2D eigenvalue weighted by Gasteiger charge is 2.31. The van der Waals surface area contributed by atoms with Crippen LogP contribution in [0, 0.1) is 0 Å². The van der Waals surface area contributed by atoms with Gasteiger partial charge in [0.2, 0.25) is 5.91 Å². The van der Waals surface area contributed by atoms with E-state index >= 15 is 0 Å². The van der Waals surface area contributed by atoms with Crippen LogP contribution >= 0.6 is 11.3 Å². The molecule has 122 valence electrons. The number of amides is 1. The largest absolute Gasteiger partial charge is 0.341 e. The zero-order chi connectivity index (χ0) is 15.4. The lowest BCUT2D eigenvalue weighted by Crippen LogP contribution is -2.50. The van der Waals surface area contributed by atoms with Gasteiger partial charge in [0.15, 0.2) is 0 Å². The van der Waals surface area contributed by atoms with Crippen molar-refractivity contribution in [3.05, 3.63) is 16.6 Å². The maximum atomic E-state index is 12.9. The van der Waals surface area contributed by atoms with Gasteiger partial charge in [-0.2, -0.15) is 0 Å². The molecule has 22 heavy (non-hydrogen) atoms. The molecule has 1 aromatic rings. The van der Waals surface area contributed by atoms with Crippen molar-refractivity contribution < 1.29 is 4.79 Å². The van der Waals surface area contributed by atoms with Gasteiger partial charge in [-0.05, 0) is 45.7 Å². The molecule has 4 nitrogen and oxygen atoms in total. The quantitative estimate of drug-likeness (QED) is 0.858. The lowest BCUT2D eigenvalue weighted by atomic mass is 9.98. The number of rotatable bonds is 3. The van der Waals surface area contributed by atoms with E-state index in [-0.39, 0.29) is 6.04 Å². The molecule has 2 saturated heterocycles. The maximum absolute atomic E-state index is 12.9. The molecule has 1 amide bonds. The molecule has 0 aromatic carbocycles. The van der Waals surface area contributed by atoms with Crippen LogP contribution in [0.15, 0.2) is 11.6 Å². The monoisotopic (exact) mass is 321 g/mol. The van der Waals surface area contributed by atoms with Gasteiger partial charge < -0.3 is 4.90 Å². The lowest BCUT2D eigenvalue weighted by Gasteiger charge is -2.36. The SMILES string of the molecule is C[C@H](C(=O)N1CCC[C@H](c2nccs2)C1)N1CCCCCC1. The Bertz CT molecular complexity index is 468. The topological polar surface area (TPSA) is 36.4 Å². The van der Waals surface area contributed by atoms with Gasteiger partial charge in [-0.3, -0.25) is 9.69 Å². The Morgan fingerprint density at radius 2 is 2.00 bits per heavy atom. The molecule has 2 atom stereocenters. The molecule has 0 saturated carbocycles. The minimum Gasteiger partial charge on any atom is -0.341 e. The molecule has 3 rings (SSSR count). The summed E-state index contributed by atoms with van der Waals surface area (Å²) in [6.45, 7) is 6.03. The number of carbonyl (C=O) groups is 1. The number of hydrogen-bond acceptors (Lipinski definition) is 4. The Morgan fingerprint density at radius 3 is 2.68 bits per heavy atom. The van der Waals surface area contributed by atoms with Crippen molar-refractivity contribution in [2.75, 3.05) is 26.2 Å². The average Bonchev–Trinajstić information content (AvgIpc) is 2.96. The van der Waals surface area contributed by atoms with Gasteiger partial charge in [0, 0.05) is 30.6 Å². The first-order valence-electron chi connectivity index (χ1n) is 8.68. The minimum atomic E-state index is 0.0353.